The second-order valence-electron chi connectivity index (χ2n) is 7.49. The molecule has 0 amide bonds. The van der Waals surface area contributed by atoms with Crippen LogP contribution in [0.1, 0.15) is 35.7 Å². The molecule has 0 radical (unpaired) electrons. The number of pyridine rings is 2. The van der Waals surface area contributed by atoms with E-state index in [9.17, 15) is 9.90 Å². The lowest BCUT2D eigenvalue weighted by atomic mass is 9.90. The van der Waals surface area contributed by atoms with E-state index in [4.69, 9.17) is 0 Å². The molecule has 4 rings (SSSR count). The Bertz CT molecular complexity index is 1150. The van der Waals surface area contributed by atoms with Crippen LogP contribution in [0.5, 0.6) is 0 Å². The third-order valence-corrected chi connectivity index (χ3v) is 5.24. The highest BCUT2D eigenvalue weighted by atomic mass is 16.3. The average Bonchev–Trinajstić information content (AvgIpc) is 3.17. The van der Waals surface area contributed by atoms with E-state index in [1.807, 2.05) is 60.1 Å². The molecule has 6 nitrogen and oxygen atoms in total. The van der Waals surface area contributed by atoms with Crippen LogP contribution in [-0.2, 0) is 11.2 Å². The summed E-state index contributed by atoms with van der Waals surface area (Å²) in [6.45, 7) is 2.00. The van der Waals surface area contributed by atoms with Gasteiger partial charge in [-0.25, -0.2) is 4.68 Å². The van der Waals surface area contributed by atoms with Crippen molar-refractivity contribution >= 4 is 16.7 Å². The van der Waals surface area contributed by atoms with E-state index in [0.29, 0.717) is 12.8 Å². The lowest BCUT2D eigenvalue weighted by Gasteiger charge is -2.15. The standard InChI is InChI=1S/C24H24N4O2/c1-17-11-22(7-9-25-17)28-24-16-26-21(12-20(24)15-27-28)14-23(30)13-19(8-10-29)18-5-3-2-4-6-18/h2-7,9,11-12,15-16,19,29H,8,10,13-14H2,1H3/t19-/m0/s1. The van der Waals surface area contributed by atoms with Crippen LogP contribution in [0.15, 0.2) is 67.1 Å². The Labute approximate surface area is 175 Å². The largest absolute Gasteiger partial charge is 0.396 e. The number of carbonyl (C=O) groups is 1. The first kappa shape index (κ1) is 19.9. The second kappa shape index (κ2) is 8.97. The molecule has 0 aliphatic rings. The van der Waals surface area contributed by atoms with E-state index in [-0.39, 0.29) is 24.7 Å². The zero-order valence-corrected chi connectivity index (χ0v) is 16.9. The number of nitrogens with zero attached hydrogens (tertiary/aromatic N) is 4. The molecule has 152 valence electrons. The average molecular weight is 400 g/mol. The van der Waals surface area contributed by atoms with Gasteiger partial charge in [-0.15, -0.1) is 0 Å². The third kappa shape index (κ3) is 4.44. The number of Topliss-reactive ketones (excluding diaryl/α,β-unsaturated/α-hetero) is 1. The van der Waals surface area contributed by atoms with Crippen molar-refractivity contribution in [1.29, 1.82) is 0 Å². The summed E-state index contributed by atoms with van der Waals surface area (Å²) in [7, 11) is 0. The van der Waals surface area contributed by atoms with Gasteiger partial charge in [0.2, 0.25) is 0 Å². The molecule has 0 saturated carbocycles. The molecule has 6 heteroatoms. The summed E-state index contributed by atoms with van der Waals surface area (Å²) in [5.41, 5.74) is 4.55. The molecular weight excluding hydrogens is 376 g/mol. The molecule has 30 heavy (non-hydrogen) atoms. The number of hydrogen-bond acceptors (Lipinski definition) is 5. The summed E-state index contributed by atoms with van der Waals surface area (Å²) >= 11 is 0. The summed E-state index contributed by atoms with van der Waals surface area (Å²) in [5, 5.41) is 14.8. The van der Waals surface area contributed by atoms with Gasteiger partial charge in [0.15, 0.2) is 0 Å². The Hall–Kier alpha value is -3.38. The lowest BCUT2D eigenvalue weighted by Crippen LogP contribution is -2.12. The number of aryl methyl sites for hydroxylation is 1. The Kier molecular flexibility index (Phi) is 5.95. The molecule has 0 aliphatic carbocycles. The number of hydrogen-bond donors (Lipinski definition) is 1. The molecule has 3 heterocycles. The van der Waals surface area contributed by atoms with Crippen LogP contribution < -0.4 is 0 Å². The summed E-state index contributed by atoms with van der Waals surface area (Å²) < 4.78 is 1.83. The zero-order valence-electron chi connectivity index (χ0n) is 16.9. The van der Waals surface area contributed by atoms with E-state index in [1.165, 1.54) is 0 Å². The highest BCUT2D eigenvalue weighted by Crippen LogP contribution is 2.24. The Morgan fingerprint density at radius 1 is 1.10 bits per heavy atom. The van der Waals surface area contributed by atoms with Gasteiger partial charge in [-0.2, -0.15) is 5.10 Å². The van der Waals surface area contributed by atoms with Gasteiger partial charge in [-0.05, 0) is 43.0 Å². The maximum atomic E-state index is 12.7. The highest BCUT2D eigenvalue weighted by molar-refractivity contribution is 5.84. The monoisotopic (exact) mass is 400 g/mol. The van der Waals surface area contributed by atoms with Crippen molar-refractivity contribution in [3.63, 3.8) is 0 Å². The van der Waals surface area contributed by atoms with Crippen molar-refractivity contribution < 1.29 is 9.90 Å². The van der Waals surface area contributed by atoms with Crippen LogP contribution in [0.4, 0.5) is 0 Å². The van der Waals surface area contributed by atoms with Crippen molar-refractivity contribution in [3.8, 4) is 5.69 Å². The number of aliphatic hydroxyl groups is 1. The van der Waals surface area contributed by atoms with Crippen molar-refractivity contribution in [2.24, 2.45) is 0 Å². The number of carbonyl (C=O) groups excluding carboxylic acids is 1. The zero-order chi connectivity index (χ0) is 20.9. The first-order valence-corrected chi connectivity index (χ1v) is 10.1. The van der Waals surface area contributed by atoms with Gasteiger partial charge in [0.1, 0.15) is 5.78 Å². The van der Waals surface area contributed by atoms with Crippen LogP contribution in [0, 0.1) is 6.92 Å². The summed E-state index contributed by atoms with van der Waals surface area (Å²) in [6, 6.07) is 15.7. The fraction of sp³-hybridized carbons (Fsp3) is 0.250. The molecule has 0 fully saturated rings. The number of ketones is 1. The highest BCUT2D eigenvalue weighted by Gasteiger charge is 2.17. The van der Waals surface area contributed by atoms with Gasteiger partial charge >= 0.3 is 0 Å². The number of aliphatic hydroxyl groups excluding tert-OH is 1. The van der Waals surface area contributed by atoms with E-state index in [1.54, 1.807) is 18.6 Å². The number of aromatic nitrogens is 4. The molecular formula is C24H24N4O2. The van der Waals surface area contributed by atoms with Crippen LogP contribution >= 0.6 is 0 Å². The molecule has 0 unspecified atom stereocenters. The molecule has 0 bridgehead atoms. The van der Waals surface area contributed by atoms with Crippen molar-refractivity contribution in [1.82, 2.24) is 19.7 Å². The van der Waals surface area contributed by atoms with Crippen LogP contribution in [-0.4, -0.2) is 37.2 Å². The van der Waals surface area contributed by atoms with Gasteiger partial charge in [0, 0.05) is 42.4 Å². The number of rotatable bonds is 8. The van der Waals surface area contributed by atoms with Crippen molar-refractivity contribution in [2.45, 2.75) is 32.1 Å². The Morgan fingerprint density at radius 2 is 1.93 bits per heavy atom. The van der Waals surface area contributed by atoms with Gasteiger partial charge in [-0.3, -0.25) is 14.8 Å². The maximum Gasteiger partial charge on any atom is 0.139 e. The predicted octanol–water partition coefficient (Wildman–Crippen LogP) is 3.79. The number of benzene rings is 1. The summed E-state index contributed by atoms with van der Waals surface area (Å²) in [5.74, 6) is 0.131. The molecule has 1 aromatic carbocycles. The van der Waals surface area contributed by atoms with E-state index in [0.717, 1.165) is 33.5 Å². The van der Waals surface area contributed by atoms with Crippen LogP contribution in [0.2, 0.25) is 0 Å². The molecule has 3 aromatic heterocycles. The molecule has 0 saturated heterocycles. The third-order valence-electron chi connectivity index (χ3n) is 5.24. The topological polar surface area (TPSA) is 80.9 Å². The van der Waals surface area contributed by atoms with Gasteiger partial charge in [-0.1, -0.05) is 30.3 Å². The molecule has 4 aromatic rings. The van der Waals surface area contributed by atoms with E-state index < -0.39 is 0 Å². The maximum absolute atomic E-state index is 12.7. The van der Waals surface area contributed by atoms with Gasteiger partial charge in [0.05, 0.1) is 23.6 Å². The van der Waals surface area contributed by atoms with Crippen LogP contribution in [0.3, 0.4) is 0 Å². The molecule has 0 aliphatic heterocycles. The van der Waals surface area contributed by atoms with E-state index >= 15 is 0 Å². The molecule has 1 atom stereocenters. The van der Waals surface area contributed by atoms with Crippen molar-refractivity contribution in [3.05, 3.63) is 84.1 Å². The Balaban J connectivity index is 1.50. The summed E-state index contributed by atoms with van der Waals surface area (Å²) in [4.78, 5) is 21.5. The first-order chi connectivity index (χ1) is 14.6. The van der Waals surface area contributed by atoms with Gasteiger partial charge < -0.3 is 5.11 Å². The fourth-order valence-electron chi connectivity index (χ4n) is 3.75. The normalized spacial score (nSPS) is 12.2. The first-order valence-electron chi connectivity index (χ1n) is 10.1. The smallest absolute Gasteiger partial charge is 0.139 e. The minimum absolute atomic E-state index is 0.0186. The minimum Gasteiger partial charge on any atom is -0.396 e. The fourth-order valence-corrected chi connectivity index (χ4v) is 3.75. The second-order valence-corrected chi connectivity index (χ2v) is 7.49. The molecule has 1 N–H and O–H groups in total. The minimum atomic E-state index is 0.0186. The molecule has 0 spiro atoms. The quantitative estimate of drug-likeness (QED) is 0.487. The SMILES string of the molecule is Cc1cc(-n2ncc3cc(CC(=O)C[C@H](CCO)c4ccccc4)ncc32)ccn1. The summed E-state index contributed by atoms with van der Waals surface area (Å²) in [6.07, 6.45) is 6.54. The van der Waals surface area contributed by atoms with E-state index in [2.05, 4.69) is 15.1 Å². The lowest BCUT2D eigenvalue weighted by molar-refractivity contribution is -0.118. The van der Waals surface area contributed by atoms with Gasteiger partial charge in [0.25, 0.3) is 0 Å². The Morgan fingerprint density at radius 3 is 2.70 bits per heavy atom. The van der Waals surface area contributed by atoms with Crippen LogP contribution in [0.25, 0.3) is 16.6 Å². The van der Waals surface area contributed by atoms with Crippen molar-refractivity contribution in [2.75, 3.05) is 6.61 Å². The number of fused-ring (bicyclic) bond motifs is 1. The predicted molar refractivity (Wildman–Crippen MR) is 116 cm³/mol.